The minimum Gasteiger partial charge on any atom is -0.481 e. The lowest BCUT2D eigenvalue weighted by molar-refractivity contribution is -0.137. The van der Waals surface area contributed by atoms with Gasteiger partial charge in [-0.25, -0.2) is 9.97 Å². The van der Waals surface area contributed by atoms with E-state index >= 15 is 0 Å². The molecule has 1 rings (SSSR count). The molecule has 110 valence electrons. The number of hydrogen-bond acceptors (Lipinski definition) is 5. The van der Waals surface area contributed by atoms with Crippen LogP contribution >= 0.6 is 11.8 Å². The Kier molecular flexibility index (Phi) is 5.94. The maximum absolute atomic E-state index is 12.3. The van der Waals surface area contributed by atoms with Crippen molar-refractivity contribution < 1.29 is 14.7 Å². The van der Waals surface area contributed by atoms with Crippen LogP contribution in [0.2, 0.25) is 0 Å². The van der Waals surface area contributed by atoms with E-state index in [-0.39, 0.29) is 12.3 Å². The average Bonchev–Trinajstić information content (AvgIpc) is 2.35. The van der Waals surface area contributed by atoms with Crippen LogP contribution in [0.1, 0.15) is 41.6 Å². The molecule has 1 unspecified atom stereocenters. The average molecular weight is 297 g/mol. The number of rotatable bonds is 6. The van der Waals surface area contributed by atoms with Crippen LogP contribution < -0.4 is 5.32 Å². The molecule has 6 nitrogen and oxygen atoms in total. The lowest BCUT2D eigenvalue weighted by atomic mass is 10.1. The van der Waals surface area contributed by atoms with Gasteiger partial charge in [0.15, 0.2) is 0 Å². The standard InChI is InChI=1S/C13H19N3O3S/c1-5-9(6-10(17)18)16-12(19)11-7(2)14-8(3)15-13(11)20-4/h9H,5-6H2,1-4H3,(H,16,19)(H,17,18). The molecule has 0 aliphatic heterocycles. The molecule has 0 fully saturated rings. The van der Waals surface area contributed by atoms with Gasteiger partial charge in [0.25, 0.3) is 5.91 Å². The number of nitrogens with zero attached hydrogens (tertiary/aromatic N) is 2. The first kappa shape index (κ1) is 16.4. The Balaban J connectivity index is 2.99. The highest BCUT2D eigenvalue weighted by atomic mass is 32.2. The highest BCUT2D eigenvalue weighted by molar-refractivity contribution is 7.98. The molecule has 1 heterocycles. The number of thioether (sulfide) groups is 1. The number of aromatic nitrogens is 2. The highest BCUT2D eigenvalue weighted by Gasteiger charge is 2.21. The number of hydrogen-bond donors (Lipinski definition) is 2. The number of carboxylic acid groups (broad SMARTS) is 1. The summed E-state index contributed by atoms with van der Waals surface area (Å²) in [7, 11) is 0. The number of amides is 1. The molecule has 1 amide bonds. The second-order valence-electron chi connectivity index (χ2n) is 4.42. The van der Waals surface area contributed by atoms with Crippen LogP contribution in [-0.2, 0) is 4.79 Å². The predicted molar refractivity (Wildman–Crippen MR) is 77.1 cm³/mol. The lowest BCUT2D eigenvalue weighted by Crippen LogP contribution is -2.37. The molecule has 7 heteroatoms. The molecular weight excluding hydrogens is 278 g/mol. The third-order valence-corrected chi connectivity index (χ3v) is 3.52. The van der Waals surface area contributed by atoms with Gasteiger partial charge in [-0.05, 0) is 26.5 Å². The van der Waals surface area contributed by atoms with E-state index in [0.29, 0.717) is 28.5 Å². The quantitative estimate of drug-likeness (QED) is 0.614. The summed E-state index contributed by atoms with van der Waals surface area (Å²) >= 11 is 1.37. The van der Waals surface area contributed by atoms with Crippen molar-refractivity contribution >= 4 is 23.6 Å². The number of nitrogens with one attached hydrogen (secondary N) is 1. The van der Waals surface area contributed by atoms with Gasteiger partial charge in [0.1, 0.15) is 10.9 Å². The van der Waals surface area contributed by atoms with Crippen molar-refractivity contribution in [2.45, 2.75) is 44.7 Å². The minimum absolute atomic E-state index is 0.0946. The van der Waals surface area contributed by atoms with Crippen LogP contribution in [0.4, 0.5) is 0 Å². The van der Waals surface area contributed by atoms with Gasteiger partial charge in [-0.15, -0.1) is 11.8 Å². The molecule has 1 atom stereocenters. The summed E-state index contributed by atoms with van der Waals surface area (Å²) in [5.41, 5.74) is 1.02. The van der Waals surface area contributed by atoms with Crippen LogP contribution in [0.15, 0.2) is 5.03 Å². The molecule has 0 radical (unpaired) electrons. The van der Waals surface area contributed by atoms with Crippen LogP contribution in [0.5, 0.6) is 0 Å². The van der Waals surface area contributed by atoms with Gasteiger partial charge in [-0.3, -0.25) is 9.59 Å². The monoisotopic (exact) mass is 297 g/mol. The molecule has 20 heavy (non-hydrogen) atoms. The van der Waals surface area contributed by atoms with Crippen molar-refractivity contribution in [1.29, 1.82) is 0 Å². The molecule has 0 aliphatic rings. The van der Waals surface area contributed by atoms with Gasteiger partial charge in [0.05, 0.1) is 17.7 Å². The zero-order valence-corrected chi connectivity index (χ0v) is 12.9. The zero-order chi connectivity index (χ0) is 15.3. The molecule has 0 saturated carbocycles. The van der Waals surface area contributed by atoms with Crippen molar-refractivity contribution in [3.8, 4) is 0 Å². The Hall–Kier alpha value is -1.63. The minimum atomic E-state index is -0.931. The van der Waals surface area contributed by atoms with Gasteiger partial charge >= 0.3 is 5.97 Å². The third kappa shape index (κ3) is 4.19. The third-order valence-electron chi connectivity index (χ3n) is 2.84. The van der Waals surface area contributed by atoms with Crippen LogP contribution in [-0.4, -0.2) is 39.2 Å². The van der Waals surface area contributed by atoms with Gasteiger partial charge in [-0.1, -0.05) is 6.92 Å². The van der Waals surface area contributed by atoms with E-state index in [1.54, 1.807) is 13.8 Å². The SMILES string of the molecule is CCC(CC(=O)O)NC(=O)c1c(C)nc(C)nc1SC. The Morgan fingerprint density at radius 2 is 2.00 bits per heavy atom. The lowest BCUT2D eigenvalue weighted by Gasteiger charge is -2.17. The van der Waals surface area contributed by atoms with E-state index in [0.717, 1.165) is 0 Å². The normalized spacial score (nSPS) is 12.0. The van der Waals surface area contributed by atoms with Crippen molar-refractivity contribution in [2.75, 3.05) is 6.26 Å². The maximum Gasteiger partial charge on any atom is 0.305 e. The largest absolute Gasteiger partial charge is 0.481 e. The maximum atomic E-state index is 12.3. The van der Waals surface area contributed by atoms with Crippen LogP contribution in [0, 0.1) is 13.8 Å². The molecule has 0 saturated heterocycles. The van der Waals surface area contributed by atoms with E-state index in [4.69, 9.17) is 5.11 Å². The zero-order valence-electron chi connectivity index (χ0n) is 12.1. The number of carboxylic acids is 1. The Bertz CT molecular complexity index is 520. The number of aliphatic carboxylic acids is 1. The summed E-state index contributed by atoms with van der Waals surface area (Å²) in [4.78, 5) is 31.5. The van der Waals surface area contributed by atoms with Crippen molar-refractivity contribution in [1.82, 2.24) is 15.3 Å². The summed E-state index contributed by atoms with van der Waals surface area (Å²) < 4.78 is 0. The summed E-state index contributed by atoms with van der Waals surface area (Å²) in [6.45, 7) is 5.36. The number of carbonyl (C=O) groups excluding carboxylic acids is 1. The first-order valence-electron chi connectivity index (χ1n) is 6.30. The van der Waals surface area contributed by atoms with Crippen molar-refractivity contribution in [2.24, 2.45) is 0 Å². The van der Waals surface area contributed by atoms with E-state index < -0.39 is 12.0 Å². The Morgan fingerprint density at radius 3 is 2.50 bits per heavy atom. The first-order chi connectivity index (χ1) is 9.38. The molecule has 1 aromatic heterocycles. The Morgan fingerprint density at radius 1 is 1.35 bits per heavy atom. The van der Waals surface area contributed by atoms with E-state index in [1.165, 1.54) is 11.8 Å². The van der Waals surface area contributed by atoms with E-state index in [1.807, 2.05) is 13.2 Å². The van der Waals surface area contributed by atoms with Gasteiger partial charge in [0, 0.05) is 6.04 Å². The summed E-state index contributed by atoms with van der Waals surface area (Å²) in [5, 5.41) is 12.2. The molecule has 0 aromatic carbocycles. The predicted octanol–water partition coefficient (Wildman–Crippen LogP) is 1.80. The van der Waals surface area contributed by atoms with Crippen LogP contribution in [0.3, 0.4) is 0 Å². The summed E-state index contributed by atoms with van der Waals surface area (Å²) in [5.74, 6) is -0.639. The molecule has 2 N–H and O–H groups in total. The van der Waals surface area contributed by atoms with Gasteiger partial charge in [-0.2, -0.15) is 0 Å². The second-order valence-corrected chi connectivity index (χ2v) is 5.21. The Labute approximate surface area is 122 Å². The topological polar surface area (TPSA) is 92.2 Å². The number of carbonyl (C=O) groups is 2. The number of aryl methyl sites for hydroxylation is 2. The second kappa shape index (κ2) is 7.23. The molecule has 0 aliphatic carbocycles. The highest BCUT2D eigenvalue weighted by Crippen LogP contribution is 2.20. The molecule has 1 aromatic rings. The van der Waals surface area contributed by atoms with Crippen molar-refractivity contribution in [3.63, 3.8) is 0 Å². The molecule has 0 spiro atoms. The smallest absolute Gasteiger partial charge is 0.305 e. The van der Waals surface area contributed by atoms with Gasteiger partial charge < -0.3 is 10.4 Å². The molecular formula is C13H19N3O3S. The van der Waals surface area contributed by atoms with Crippen LogP contribution in [0.25, 0.3) is 0 Å². The van der Waals surface area contributed by atoms with Gasteiger partial charge in [0.2, 0.25) is 0 Å². The van der Waals surface area contributed by atoms with E-state index in [9.17, 15) is 9.59 Å². The fourth-order valence-electron chi connectivity index (χ4n) is 1.86. The first-order valence-corrected chi connectivity index (χ1v) is 7.53. The van der Waals surface area contributed by atoms with E-state index in [2.05, 4.69) is 15.3 Å². The summed E-state index contributed by atoms with van der Waals surface area (Å²) in [6.07, 6.45) is 2.30. The fourth-order valence-corrected chi connectivity index (χ4v) is 2.52. The molecule has 0 bridgehead atoms. The fraction of sp³-hybridized carbons (Fsp3) is 0.538. The van der Waals surface area contributed by atoms with Crippen molar-refractivity contribution in [3.05, 3.63) is 17.1 Å². The summed E-state index contributed by atoms with van der Waals surface area (Å²) in [6, 6.07) is -0.393.